The smallest absolute Gasteiger partial charge is 0.242 e. The number of aliphatic hydroxyl groups excluding tert-OH is 1. The van der Waals surface area contributed by atoms with Crippen molar-refractivity contribution in [2.24, 2.45) is 0 Å². The molecule has 1 aromatic carbocycles. The summed E-state index contributed by atoms with van der Waals surface area (Å²) < 4.78 is 39.0. The van der Waals surface area contributed by atoms with E-state index in [1.165, 1.54) is 24.3 Å². The summed E-state index contributed by atoms with van der Waals surface area (Å²) in [7, 11) is -3.97. The molecule has 172 valence electrons. The molecule has 2 rings (SSSR count). The van der Waals surface area contributed by atoms with E-state index in [0.717, 1.165) is 0 Å². The van der Waals surface area contributed by atoms with Gasteiger partial charge in [0.15, 0.2) is 6.29 Å². The standard InChI is InChI=1S/C20H26Cl2N2O6S/c1-3-5-9-17(26)24-19-15(25)11-13(30-20(19)29-10-4-2)12-23-31(27,28)16-8-6-7-14(21)18(16)22/h3-4,6-8,13,15,19-20,23,25H,1-2,5,9-12H2,(H,24,26)/t13-,15-,19+,20?/m0/s1. The zero-order valence-electron chi connectivity index (χ0n) is 16.8. The Morgan fingerprint density at radius 1 is 1.32 bits per heavy atom. The Kier molecular flexibility index (Phi) is 9.95. The van der Waals surface area contributed by atoms with Gasteiger partial charge in [-0.05, 0) is 18.6 Å². The summed E-state index contributed by atoms with van der Waals surface area (Å²) in [5.41, 5.74) is 0. The van der Waals surface area contributed by atoms with Crippen LogP contribution in [0.4, 0.5) is 0 Å². The van der Waals surface area contributed by atoms with E-state index in [2.05, 4.69) is 23.2 Å². The largest absolute Gasteiger partial charge is 0.391 e. The fourth-order valence-electron chi connectivity index (χ4n) is 2.99. The minimum Gasteiger partial charge on any atom is -0.391 e. The molecular weight excluding hydrogens is 467 g/mol. The van der Waals surface area contributed by atoms with E-state index in [-0.39, 0.29) is 46.8 Å². The van der Waals surface area contributed by atoms with Gasteiger partial charge >= 0.3 is 0 Å². The van der Waals surface area contributed by atoms with Gasteiger partial charge < -0.3 is 19.9 Å². The van der Waals surface area contributed by atoms with Crippen LogP contribution < -0.4 is 10.0 Å². The Morgan fingerprint density at radius 2 is 2.06 bits per heavy atom. The van der Waals surface area contributed by atoms with Crippen LogP contribution in [0.15, 0.2) is 48.4 Å². The fourth-order valence-corrected chi connectivity index (χ4v) is 4.82. The number of aliphatic hydroxyl groups is 1. The van der Waals surface area contributed by atoms with Crippen molar-refractivity contribution in [3.05, 3.63) is 53.6 Å². The molecule has 0 radical (unpaired) electrons. The molecule has 0 aliphatic carbocycles. The Labute approximate surface area is 192 Å². The number of hydrogen-bond donors (Lipinski definition) is 3. The van der Waals surface area contributed by atoms with Crippen molar-refractivity contribution in [3.8, 4) is 0 Å². The van der Waals surface area contributed by atoms with Gasteiger partial charge in [0.05, 0.1) is 28.9 Å². The van der Waals surface area contributed by atoms with Crippen molar-refractivity contribution in [1.82, 2.24) is 10.0 Å². The first-order valence-electron chi connectivity index (χ1n) is 9.59. The van der Waals surface area contributed by atoms with Crippen molar-refractivity contribution in [3.63, 3.8) is 0 Å². The average Bonchev–Trinajstić information content (AvgIpc) is 2.73. The lowest BCUT2D eigenvalue weighted by Crippen LogP contribution is -2.59. The summed E-state index contributed by atoms with van der Waals surface area (Å²) in [6.45, 7) is 7.11. The Hall–Kier alpha value is -1.46. The van der Waals surface area contributed by atoms with Crippen LogP contribution in [0, 0.1) is 0 Å². The van der Waals surface area contributed by atoms with E-state index in [9.17, 15) is 18.3 Å². The lowest BCUT2D eigenvalue weighted by Gasteiger charge is -2.39. The molecule has 1 heterocycles. The lowest BCUT2D eigenvalue weighted by molar-refractivity contribution is -0.225. The number of amides is 1. The maximum absolute atomic E-state index is 12.6. The Balaban J connectivity index is 2.06. The second-order valence-corrected chi connectivity index (χ2v) is 9.40. The summed E-state index contributed by atoms with van der Waals surface area (Å²) in [4.78, 5) is 11.9. The molecule has 0 saturated carbocycles. The van der Waals surface area contributed by atoms with Crippen molar-refractivity contribution < 1.29 is 27.8 Å². The van der Waals surface area contributed by atoms with Crippen LogP contribution in [0.1, 0.15) is 19.3 Å². The van der Waals surface area contributed by atoms with Crippen LogP contribution in [0.2, 0.25) is 10.0 Å². The number of ether oxygens (including phenoxy) is 2. The number of nitrogens with one attached hydrogen (secondary N) is 2. The molecule has 1 aromatic rings. The van der Waals surface area contributed by atoms with Crippen LogP contribution in [0.3, 0.4) is 0 Å². The topological polar surface area (TPSA) is 114 Å². The van der Waals surface area contributed by atoms with Gasteiger partial charge in [-0.1, -0.05) is 41.4 Å². The molecule has 0 aromatic heterocycles. The van der Waals surface area contributed by atoms with Gasteiger partial charge in [0.2, 0.25) is 15.9 Å². The fraction of sp³-hybridized carbons (Fsp3) is 0.450. The predicted molar refractivity (Wildman–Crippen MR) is 118 cm³/mol. The van der Waals surface area contributed by atoms with Crippen molar-refractivity contribution in [2.75, 3.05) is 13.2 Å². The van der Waals surface area contributed by atoms with Crippen LogP contribution in [0.25, 0.3) is 0 Å². The maximum atomic E-state index is 12.6. The molecule has 1 amide bonds. The molecule has 11 heteroatoms. The summed E-state index contributed by atoms with van der Waals surface area (Å²) in [5, 5.41) is 13.3. The van der Waals surface area contributed by atoms with Crippen molar-refractivity contribution >= 4 is 39.1 Å². The zero-order chi connectivity index (χ0) is 23.0. The van der Waals surface area contributed by atoms with Crippen molar-refractivity contribution in [1.29, 1.82) is 0 Å². The van der Waals surface area contributed by atoms with Gasteiger partial charge in [-0.15, -0.1) is 13.2 Å². The highest BCUT2D eigenvalue weighted by molar-refractivity contribution is 7.89. The number of carbonyl (C=O) groups excluding carboxylic acids is 1. The first-order valence-corrected chi connectivity index (χ1v) is 11.8. The maximum Gasteiger partial charge on any atom is 0.242 e. The van der Waals surface area contributed by atoms with Gasteiger partial charge in [-0.25, -0.2) is 13.1 Å². The number of carbonyl (C=O) groups is 1. The molecule has 1 aliphatic heterocycles. The number of hydrogen-bond acceptors (Lipinski definition) is 6. The SMILES string of the molecule is C=CCCC(=O)N[C@H]1C(OCC=C)O[C@H](CNS(=O)(=O)c2cccc(Cl)c2Cl)C[C@@H]1O. The third kappa shape index (κ3) is 7.28. The number of halogens is 2. The van der Waals surface area contributed by atoms with Gasteiger partial charge in [0.1, 0.15) is 10.9 Å². The minimum absolute atomic E-state index is 0.0755. The van der Waals surface area contributed by atoms with Gasteiger partial charge in [-0.3, -0.25) is 4.79 Å². The molecule has 4 atom stereocenters. The predicted octanol–water partition coefficient (Wildman–Crippen LogP) is 2.40. The normalized spacial score (nSPS) is 23.8. The molecular formula is C20H26Cl2N2O6S. The van der Waals surface area contributed by atoms with Gasteiger partial charge in [0.25, 0.3) is 0 Å². The highest BCUT2D eigenvalue weighted by atomic mass is 35.5. The summed E-state index contributed by atoms with van der Waals surface area (Å²) in [5.74, 6) is -0.283. The third-order valence-corrected chi connectivity index (χ3v) is 6.92. The summed E-state index contributed by atoms with van der Waals surface area (Å²) >= 11 is 11.9. The minimum atomic E-state index is -3.97. The quantitative estimate of drug-likeness (QED) is 0.408. The molecule has 31 heavy (non-hydrogen) atoms. The number of rotatable bonds is 11. The molecule has 1 aliphatic rings. The van der Waals surface area contributed by atoms with Crippen LogP contribution >= 0.6 is 23.2 Å². The van der Waals surface area contributed by atoms with Gasteiger partial charge in [0, 0.05) is 19.4 Å². The number of allylic oxidation sites excluding steroid dienone is 1. The number of benzene rings is 1. The zero-order valence-corrected chi connectivity index (χ0v) is 19.1. The lowest BCUT2D eigenvalue weighted by atomic mass is 9.99. The molecule has 1 unspecified atom stereocenters. The molecule has 3 N–H and O–H groups in total. The Morgan fingerprint density at radius 3 is 2.74 bits per heavy atom. The highest BCUT2D eigenvalue weighted by Crippen LogP contribution is 2.29. The van der Waals surface area contributed by atoms with E-state index in [4.69, 9.17) is 32.7 Å². The molecule has 1 saturated heterocycles. The molecule has 0 spiro atoms. The van der Waals surface area contributed by atoms with E-state index >= 15 is 0 Å². The number of sulfonamides is 1. The monoisotopic (exact) mass is 492 g/mol. The molecule has 0 bridgehead atoms. The second kappa shape index (κ2) is 12.0. The van der Waals surface area contributed by atoms with Crippen molar-refractivity contribution in [2.45, 2.75) is 48.7 Å². The van der Waals surface area contributed by atoms with Crippen LogP contribution in [0.5, 0.6) is 0 Å². The third-order valence-electron chi connectivity index (χ3n) is 4.53. The Bertz CT molecular complexity index is 896. The van der Waals surface area contributed by atoms with E-state index < -0.39 is 34.6 Å². The van der Waals surface area contributed by atoms with E-state index in [1.807, 2.05) is 0 Å². The first kappa shape index (κ1) is 25.8. The van der Waals surface area contributed by atoms with Crippen LogP contribution in [-0.4, -0.2) is 57.1 Å². The summed E-state index contributed by atoms with van der Waals surface area (Å²) in [6, 6.07) is 3.47. The highest BCUT2D eigenvalue weighted by Gasteiger charge is 2.39. The van der Waals surface area contributed by atoms with E-state index in [0.29, 0.717) is 6.42 Å². The molecule has 8 nitrogen and oxygen atoms in total. The van der Waals surface area contributed by atoms with E-state index in [1.54, 1.807) is 6.08 Å². The molecule has 1 fully saturated rings. The van der Waals surface area contributed by atoms with Crippen LogP contribution in [-0.2, 0) is 24.3 Å². The first-order chi connectivity index (χ1) is 14.7. The average molecular weight is 493 g/mol. The summed E-state index contributed by atoms with van der Waals surface area (Å²) in [6.07, 6.45) is 1.19. The second-order valence-electron chi connectivity index (χ2n) is 6.88. The van der Waals surface area contributed by atoms with Gasteiger partial charge in [-0.2, -0.15) is 0 Å².